The summed E-state index contributed by atoms with van der Waals surface area (Å²) in [5, 5.41) is 2.34. The van der Waals surface area contributed by atoms with E-state index < -0.39 is 0 Å². The SMILES string of the molecule is CC(C)(c1ccccc1)c1cccc(N2C=CN(c3cccc(Oc4ccc5c6ccccc6n(-c6cc(C(C)(C)c7ccccc7)ccn6)c5c4)c3)C2)c1. The van der Waals surface area contributed by atoms with Gasteiger partial charge in [0.25, 0.3) is 0 Å². The summed E-state index contributed by atoms with van der Waals surface area (Å²) >= 11 is 0. The molecule has 0 saturated heterocycles. The van der Waals surface area contributed by atoms with E-state index in [1.165, 1.54) is 33.3 Å². The van der Waals surface area contributed by atoms with Crippen LogP contribution in [0.5, 0.6) is 11.5 Å². The smallest absolute Gasteiger partial charge is 0.137 e. The topological polar surface area (TPSA) is 33.5 Å². The van der Waals surface area contributed by atoms with Crippen molar-refractivity contribution < 1.29 is 4.74 Å². The standard InChI is InChI=1S/C50H44N4O/c1-49(2,36-15-7-5-8-16-36)38-19-13-20-40(31-38)52-29-30-53(35-52)41-21-14-22-42(33-41)55-43-25-26-45-44-23-11-12-24-46(44)54(47(45)34-43)48-32-39(27-28-51-48)50(3,4)37-17-9-6-10-18-37/h5-34H,35H2,1-4H3. The zero-order chi connectivity index (χ0) is 37.6. The predicted octanol–water partition coefficient (Wildman–Crippen LogP) is 12.4. The molecule has 8 aromatic rings. The molecule has 5 heteroatoms. The van der Waals surface area contributed by atoms with Crippen molar-refractivity contribution in [2.45, 2.75) is 38.5 Å². The van der Waals surface area contributed by atoms with Gasteiger partial charge in [0.1, 0.15) is 17.3 Å². The lowest BCUT2D eigenvalue weighted by Gasteiger charge is -2.28. The molecule has 5 nitrogen and oxygen atoms in total. The summed E-state index contributed by atoms with van der Waals surface area (Å²) in [6.45, 7) is 9.83. The van der Waals surface area contributed by atoms with E-state index in [9.17, 15) is 0 Å². The Hall–Kier alpha value is -6.59. The van der Waals surface area contributed by atoms with Crippen molar-refractivity contribution in [3.8, 4) is 17.3 Å². The van der Waals surface area contributed by atoms with Gasteiger partial charge in [-0.2, -0.15) is 0 Å². The van der Waals surface area contributed by atoms with Crippen LogP contribution >= 0.6 is 0 Å². The van der Waals surface area contributed by atoms with Gasteiger partial charge in [-0.15, -0.1) is 0 Å². The quantitative estimate of drug-likeness (QED) is 0.149. The van der Waals surface area contributed by atoms with Gasteiger partial charge in [0, 0.05) is 63.7 Å². The van der Waals surface area contributed by atoms with Gasteiger partial charge < -0.3 is 14.5 Å². The molecule has 6 aromatic carbocycles. The molecule has 0 aliphatic carbocycles. The molecule has 2 aromatic heterocycles. The summed E-state index contributed by atoms with van der Waals surface area (Å²) < 4.78 is 8.88. The van der Waals surface area contributed by atoms with Crippen LogP contribution in [-0.2, 0) is 10.8 Å². The monoisotopic (exact) mass is 716 g/mol. The third-order valence-electron chi connectivity index (χ3n) is 11.3. The Morgan fingerprint density at radius 1 is 0.473 bits per heavy atom. The highest BCUT2D eigenvalue weighted by Crippen LogP contribution is 2.38. The van der Waals surface area contributed by atoms with Crippen molar-refractivity contribution in [1.82, 2.24) is 9.55 Å². The highest BCUT2D eigenvalue weighted by Gasteiger charge is 2.26. The van der Waals surface area contributed by atoms with Gasteiger partial charge in [-0.05, 0) is 76.9 Å². The Morgan fingerprint density at radius 3 is 1.75 bits per heavy atom. The van der Waals surface area contributed by atoms with E-state index in [4.69, 9.17) is 9.72 Å². The van der Waals surface area contributed by atoms with Crippen LogP contribution in [0, 0.1) is 0 Å². The molecule has 0 atom stereocenters. The number of aromatic nitrogens is 2. The summed E-state index contributed by atoms with van der Waals surface area (Å²) in [5.74, 6) is 2.43. The van der Waals surface area contributed by atoms with Crippen LogP contribution in [0.4, 0.5) is 11.4 Å². The number of para-hydroxylation sites is 1. The predicted molar refractivity (Wildman–Crippen MR) is 228 cm³/mol. The first-order valence-corrected chi connectivity index (χ1v) is 19.0. The highest BCUT2D eigenvalue weighted by molar-refractivity contribution is 6.09. The van der Waals surface area contributed by atoms with E-state index in [-0.39, 0.29) is 10.8 Å². The molecule has 270 valence electrons. The van der Waals surface area contributed by atoms with Crippen molar-refractivity contribution in [3.05, 3.63) is 205 Å². The van der Waals surface area contributed by atoms with Crippen LogP contribution in [0.1, 0.15) is 49.9 Å². The third-order valence-corrected chi connectivity index (χ3v) is 11.3. The molecule has 9 rings (SSSR count). The second-order valence-corrected chi connectivity index (χ2v) is 15.4. The largest absolute Gasteiger partial charge is 0.457 e. The minimum Gasteiger partial charge on any atom is -0.457 e. The number of pyridine rings is 1. The average Bonchev–Trinajstić information content (AvgIpc) is 3.85. The molecule has 0 spiro atoms. The first-order chi connectivity index (χ1) is 26.8. The maximum Gasteiger partial charge on any atom is 0.137 e. The number of ether oxygens (including phenoxy) is 1. The van der Waals surface area contributed by atoms with Crippen molar-refractivity contribution in [1.29, 1.82) is 0 Å². The molecule has 0 unspecified atom stereocenters. The number of hydrogen-bond acceptors (Lipinski definition) is 4. The average molecular weight is 717 g/mol. The molecule has 3 heterocycles. The van der Waals surface area contributed by atoms with Crippen molar-refractivity contribution in [3.63, 3.8) is 0 Å². The summed E-state index contributed by atoms with van der Waals surface area (Å²) in [7, 11) is 0. The summed E-state index contributed by atoms with van der Waals surface area (Å²) in [4.78, 5) is 9.46. The van der Waals surface area contributed by atoms with Gasteiger partial charge in [0.15, 0.2) is 0 Å². The van der Waals surface area contributed by atoms with Crippen LogP contribution in [0.2, 0.25) is 0 Å². The van der Waals surface area contributed by atoms with Gasteiger partial charge in [-0.25, -0.2) is 4.98 Å². The fourth-order valence-corrected chi connectivity index (χ4v) is 7.92. The Morgan fingerprint density at radius 2 is 1.04 bits per heavy atom. The molecule has 0 fully saturated rings. The van der Waals surface area contributed by atoms with E-state index in [0.29, 0.717) is 6.67 Å². The molecule has 1 aliphatic heterocycles. The zero-order valence-corrected chi connectivity index (χ0v) is 31.7. The first-order valence-electron chi connectivity index (χ1n) is 19.0. The molecule has 0 amide bonds. The second kappa shape index (κ2) is 13.7. The molecular weight excluding hydrogens is 673 g/mol. The maximum atomic E-state index is 6.62. The zero-order valence-electron chi connectivity index (χ0n) is 31.7. The molecule has 0 radical (unpaired) electrons. The molecule has 55 heavy (non-hydrogen) atoms. The van der Waals surface area contributed by atoms with Crippen LogP contribution in [0.25, 0.3) is 27.6 Å². The molecule has 0 bridgehead atoms. The number of fused-ring (bicyclic) bond motifs is 3. The summed E-state index contributed by atoms with van der Waals surface area (Å²) in [6, 6.07) is 57.9. The summed E-state index contributed by atoms with van der Waals surface area (Å²) in [5.41, 5.74) is 9.15. The first kappa shape index (κ1) is 34.2. The number of benzene rings is 6. The lowest BCUT2D eigenvalue weighted by molar-refractivity contribution is 0.483. The number of hydrogen-bond donors (Lipinski definition) is 0. The van der Waals surface area contributed by atoms with Crippen LogP contribution < -0.4 is 14.5 Å². The van der Waals surface area contributed by atoms with Crippen molar-refractivity contribution in [2.24, 2.45) is 0 Å². The van der Waals surface area contributed by atoms with Gasteiger partial charge in [0.05, 0.1) is 17.7 Å². The van der Waals surface area contributed by atoms with E-state index in [2.05, 4.69) is 212 Å². The van der Waals surface area contributed by atoms with Crippen molar-refractivity contribution >= 4 is 33.2 Å². The van der Waals surface area contributed by atoms with Crippen LogP contribution in [0.15, 0.2) is 182 Å². The minimum atomic E-state index is -0.193. The minimum absolute atomic E-state index is 0.108. The van der Waals surface area contributed by atoms with E-state index >= 15 is 0 Å². The van der Waals surface area contributed by atoms with Crippen LogP contribution in [0.3, 0.4) is 0 Å². The van der Waals surface area contributed by atoms with Gasteiger partial charge in [-0.3, -0.25) is 4.57 Å². The lowest BCUT2D eigenvalue weighted by atomic mass is 9.78. The fraction of sp³-hybridized carbons (Fsp3) is 0.140. The normalized spacial score (nSPS) is 13.2. The van der Waals surface area contributed by atoms with E-state index in [1.54, 1.807) is 0 Å². The Kier molecular flexibility index (Phi) is 8.50. The lowest BCUT2D eigenvalue weighted by Crippen LogP contribution is -2.25. The Balaban J connectivity index is 0.989. The molecular formula is C50H44N4O. The van der Waals surface area contributed by atoms with Crippen molar-refractivity contribution in [2.75, 3.05) is 16.5 Å². The van der Waals surface area contributed by atoms with Gasteiger partial charge >= 0.3 is 0 Å². The van der Waals surface area contributed by atoms with Gasteiger partial charge in [-0.1, -0.05) is 125 Å². The molecule has 1 aliphatic rings. The number of rotatable bonds is 9. The Labute approximate surface area is 323 Å². The Bertz CT molecular complexity index is 2680. The highest BCUT2D eigenvalue weighted by atomic mass is 16.5. The van der Waals surface area contributed by atoms with Gasteiger partial charge in [0.2, 0.25) is 0 Å². The van der Waals surface area contributed by atoms with Crippen LogP contribution in [-0.4, -0.2) is 16.2 Å². The maximum absolute atomic E-state index is 6.62. The third kappa shape index (κ3) is 6.32. The molecule has 0 N–H and O–H groups in total. The second-order valence-electron chi connectivity index (χ2n) is 15.4. The van der Waals surface area contributed by atoms with E-state index in [0.717, 1.165) is 39.4 Å². The number of nitrogens with zero attached hydrogens (tertiary/aromatic N) is 4. The fourth-order valence-electron chi connectivity index (χ4n) is 7.92. The molecule has 0 saturated carbocycles. The summed E-state index contributed by atoms with van der Waals surface area (Å²) in [6.07, 6.45) is 6.22. The van der Waals surface area contributed by atoms with E-state index in [1.807, 2.05) is 12.3 Å². The number of anilines is 2.